The Kier molecular flexibility index (Phi) is 8.09. The molecule has 8 aromatic carbocycles. The van der Waals surface area contributed by atoms with E-state index in [0.717, 1.165) is 87.8 Å². The standard InChI is InChI=1S/C51H34NO2P/c53-55(41-23-6-2-7-24-41,42-25-8-3-9-26-42)43-27-14-20-38(34-43)37-19-13-22-40(33-37)49-51-48(45-28-10-11-31-47(45)54-51)46-30-15-29-44(50(46)52-49)39-21-12-18-36(32-39)35-16-4-1-5-17-35/h1-34H. The third-order valence-corrected chi connectivity index (χ3v) is 13.6. The molecule has 0 N–H and O–H groups in total. The molecule has 0 amide bonds. The normalized spacial score (nSPS) is 11.7. The highest BCUT2D eigenvalue weighted by atomic mass is 31.2. The van der Waals surface area contributed by atoms with Crippen LogP contribution in [-0.2, 0) is 4.57 Å². The van der Waals surface area contributed by atoms with Crippen LogP contribution in [0.4, 0.5) is 0 Å². The SMILES string of the molecule is O=P(c1ccccc1)(c1ccccc1)c1cccc(-c2cccc(-c3nc4c(-c5cccc(-c6ccccc6)c5)cccc4c4c3oc3ccccc34)c2)c1. The van der Waals surface area contributed by atoms with E-state index in [1.165, 1.54) is 5.56 Å². The van der Waals surface area contributed by atoms with Crippen LogP contribution < -0.4 is 15.9 Å². The van der Waals surface area contributed by atoms with Crippen molar-refractivity contribution in [2.75, 3.05) is 0 Å². The van der Waals surface area contributed by atoms with Gasteiger partial charge in [0.25, 0.3) is 0 Å². The van der Waals surface area contributed by atoms with Crippen LogP contribution >= 0.6 is 7.14 Å². The van der Waals surface area contributed by atoms with Crippen molar-refractivity contribution in [3.8, 4) is 44.6 Å². The molecule has 10 rings (SSSR count). The van der Waals surface area contributed by atoms with E-state index < -0.39 is 7.14 Å². The average Bonchev–Trinajstić information content (AvgIpc) is 3.67. The van der Waals surface area contributed by atoms with Gasteiger partial charge in [0.1, 0.15) is 11.3 Å². The minimum absolute atomic E-state index is 0.757. The number of fused-ring (bicyclic) bond motifs is 5. The maximum Gasteiger partial charge on any atom is 0.171 e. The second-order valence-electron chi connectivity index (χ2n) is 13.8. The van der Waals surface area contributed by atoms with E-state index in [1.807, 2.05) is 91.0 Å². The summed E-state index contributed by atoms with van der Waals surface area (Å²) in [5.74, 6) is 0. The van der Waals surface area contributed by atoms with Gasteiger partial charge in [-0.1, -0.05) is 182 Å². The molecule has 0 unspecified atom stereocenters. The van der Waals surface area contributed by atoms with E-state index in [9.17, 15) is 0 Å². The van der Waals surface area contributed by atoms with Gasteiger partial charge < -0.3 is 8.98 Å². The van der Waals surface area contributed by atoms with Gasteiger partial charge in [-0.05, 0) is 52.1 Å². The van der Waals surface area contributed by atoms with Crippen molar-refractivity contribution in [3.05, 3.63) is 206 Å². The van der Waals surface area contributed by atoms with Crippen LogP contribution in [0.1, 0.15) is 0 Å². The van der Waals surface area contributed by atoms with Gasteiger partial charge in [0, 0.05) is 43.2 Å². The van der Waals surface area contributed by atoms with Crippen LogP contribution in [0.25, 0.3) is 77.5 Å². The van der Waals surface area contributed by atoms with Crippen molar-refractivity contribution >= 4 is 55.9 Å². The van der Waals surface area contributed by atoms with Crippen molar-refractivity contribution in [1.82, 2.24) is 4.98 Å². The minimum atomic E-state index is -3.16. The largest absolute Gasteiger partial charge is 0.454 e. The molecule has 3 nitrogen and oxygen atoms in total. The predicted octanol–water partition coefficient (Wildman–Crippen LogP) is 12.4. The van der Waals surface area contributed by atoms with Gasteiger partial charge in [-0.25, -0.2) is 4.98 Å². The fourth-order valence-corrected chi connectivity index (χ4v) is 10.6. The second kappa shape index (κ2) is 13.6. The highest BCUT2D eigenvalue weighted by Gasteiger charge is 2.30. The average molecular weight is 724 g/mol. The fraction of sp³-hybridized carbons (Fsp3) is 0. The number of aromatic nitrogens is 1. The van der Waals surface area contributed by atoms with Crippen molar-refractivity contribution in [1.29, 1.82) is 0 Å². The summed E-state index contributed by atoms with van der Waals surface area (Å²) in [4.78, 5) is 5.48. The quantitative estimate of drug-likeness (QED) is 0.154. The Morgan fingerprint density at radius 2 is 0.891 bits per heavy atom. The number of nitrogens with zero attached hydrogens (tertiary/aromatic N) is 1. The second-order valence-corrected chi connectivity index (χ2v) is 16.6. The number of para-hydroxylation sites is 2. The molecule has 0 aliphatic heterocycles. The summed E-state index contributed by atoms with van der Waals surface area (Å²) < 4.78 is 22.0. The Bertz CT molecular complexity index is 3020. The zero-order valence-corrected chi connectivity index (χ0v) is 30.7. The lowest BCUT2D eigenvalue weighted by molar-refractivity contribution is 0.592. The highest BCUT2D eigenvalue weighted by Crippen LogP contribution is 2.45. The predicted molar refractivity (Wildman–Crippen MR) is 230 cm³/mol. The molecule has 55 heavy (non-hydrogen) atoms. The summed E-state index contributed by atoms with van der Waals surface area (Å²) in [7, 11) is -3.16. The number of rotatable bonds is 7. The molecule has 4 heteroatoms. The summed E-state index contributed by atoms with van der Waals surface area (Å²) in [5.41, 5.74) is 10.7. The highest BCUT2D eigenvalue weighted by molar-refractivity contribution is 7.85. The van der Waals surface area contributed by atoms with Gasteiger partial charge in [0.15, 0.2) is 12.7 Å². The van der Waals surface area contributed by atoms with Crippen LogP contribution in [0.15, 0.2) is 211 Å². The third kappa shape index (κ3) is 5.69. The first-order chi connectivity index (χ1) is 27.1. The maximum atomic E-state index is 15.3. The first kappa shape index (κ1) is 32.8. The molecule has 260 valence electrons. The number of pyridine rings is 1. The lowest BCUT2D eigenvalue weighted by atomic mass is 9.95. The zero-order valence-electron chi connectivity index (χ0n) is 29.8. The van der Waals surface area contributed by atoms with E-state index in [4.69, 9.17) is 9.40 Å². The summed E-state index contributed by atoms with van der Waals surface area (Å²) in [5, 5.41) is 5.57. The van der Waals surface area contributed by atoms with Crippen LogP contribution in [-0.4, -0.2) is 4.98 Å². The van der Waals surface area contributed by atoms with Gasteiger partial charge in [0.2, 0.25) is 0 Å². The molecule has 0 spiro atoms. The van der Waals surface area contributed by atoms with Crippen molar-refractivity contribution in [2.45, 2.75) is 0 Å². The number of furan rings is 1. The van der Waals surface area contributed by atoms with Crippen molar-refractivity contribution in [3.63, 3.8) is 0 Å². The molecule has 2 aromatic heterocycles. The van der Waals surface area contributed by atoms with Gasteiger partial charge >= 0.3 is 0 Å². The Hall–Kier alpha value is -6.80. The molecule has 0 saturated heterocycles. The van der Waals surface area contributed by atoms with Crippen LogP contribution in [0.5, 0.6) is 0 Å². The molecule has 0 fully saturated rings. The van der Waals surface area contributed by atoms with Gasteiger partial charge in [-0.3, -0.25) is 0 Å². The molecule has 0 aliphatic rings. The Morgan fingerprint density at radius 1 is 0.400 bits per heavy atom. The maximum absolute atomic E-state index is 15.3. The lowest BCUT2D eigenvalue weighted by Gasteiger charge is -2.20. The van der Waals surface area contributed by atoms with E-state index in [1.54, 1.807) is 0 Å². The van der Waals surface area contributed by atoms with Gasteiger partial charge in [0.05, 0.1) is 5.52 Å². The summed E-state index contributed by atoms with van der Waals surface area (Å²) in [6, 6.07) is 70.1. The number of hydrogen-bond donors (Lipinski definition) is 0. The Morgan fingerprint density at radius 3 is 1.62 bits per heavy atom. The van der Waals surface area contributed by atoms with Gasteiger partial charge in [-0.15, -0.1) is 0 Å². The van der Waals surface area contributed by atoms with E-state index in [-0.39, 0.29) is 0 Å². The smallest absolute Gasteiger partial charge is 0.171 e. The molecule has 0 bridgehead atoms. The molecule has 2 heterocycles. The number of benzene rings is 8. The van der Waals surface area contributed by atoms with Crippen LogP contribution in [0.3, 0.4) is 0 Å². The summed E-state index contributed by atoms with van der Waals surface area (Å²) in [6.07, 6.45) is 0. The molecule has 0 saturated carbocycles. The minimum Gasteiger partial charge on any atom is -0.454 e. The Labute approximate surface area is 319 Å². The first-order valence-electron chi connectivity index (χ1n) is 18.5. The molecule has 0 atom stereocenters. The monoisotopic (exact) mass is 723 g/mol. The molecular formula is C51H34NO2P. The summed E-state index contributed by atoms with van der Waals surface area (Å²) in [6.45, 7) is 0. The van der Waals surface area contributed by atoms with Gasteiger partial charge in [-0.2, -0.15) is 0 Å². The topological polar surface area (TPSA) is 43.1 Å². The van der Waals surface area contributed by atoms with Crippen molar-refractivity contribution < 1.29 is 8.98 Å². The van der Waals surface area contributed by atoms with Crippen LogP contribution in [0.2, 0.25) is 0 Å². The van der Waals surface area contributed by atoms with Crippen molar-refractivity contribution in [2.24, 2.45) is 0 Å². The van der Waals surface area contributed by atoms with E-state index in [2.05, 4.69) is 115 Å². The Balaban J connectivity index is 1.16. The fourth-order valence-electron chi connectivity index (χ4n) is 7.88. The molecule has 10 aromatic rings. The number of hydrogen-bond acceptors (Lipinski definition) is 3. The molecule has 0 radical (unpaired) electrons. The zero-order chi connectivity index (χ0) is 36.8. The van der Waals surface area contributed by atoms with E-state index in [0.29, 0.717) is 0 Å². The van der Waals surface area contributed by atoms with Crippen LogP contribution in [0, 0.1) is 0 Å². The third-order valence-electron chi connectivity index (χ3n) is 10.5. The van der Waals surface area contributed by atoms with E-state index >= 15 is 4.57 Å². The molecule has 0 aliphatic carbocycles. The first-order valence-corrected chi connectivity index (χ1v) is 20.2. The lowest BCUT2D eigenvalue weighted by Crippen LogP contribution is -2.25. The summed E-state index contributed by atoms with van der Waals surface area (Å²) >= 11 is 0. The molecular weight excluding hydrogens is 690 g/mol.